The fraction of sp³-hybridized carbons (Fsp3) is 0.500. The van der Waals surface area contributed by atoms with Crippen LogP contribution in [0.25, 0.3) is 0 Å². The molecule has 1 rings (SSSR count). The summed E-state index contributed by atoms with van der Waals surface area (Å²) in [5.74, 6) is 1.46. The molecule has 0 aliphatic rings. The maximum Gasteiger partial charge on any atom is 0.408 e. The van der Waals surface area contributed by atoms with Crippen molar-refractivity contribution in [2.24, 2.45) is 0 Å². The molecule has 0 saturated heterocycles. The van der Waals surface area contributed by atoms with E-state index >= 15 is 0 Å². The molecule has 34 heavy (non-hydrogen) atoms. The Morgan fingerprint density at radius 3 is 2.44 bits per heavy atom. The fourth-order valence-corrected chi connectivity index (χ4v) is 3.44. The van der Waals surface area contributed by atoms with Gasteiger partial charge in [0.15, 0.2) is 0 Å². The first-order valence-electron chi connectivity index (χ1n) is 11.4. The average Bonchev–Trinajstić information content (AvgIpc) is 2.75. The first-order valence-corrected chi connectivity index (χ1v) is 11.4. The van der Waals surface area contributed by atoms with E-state index in [-0.39, 0.29) is 12.6 Å². The Kier molecular flexibility index (Phi) is 11.3. The molecule has 3 N–H and O–H groups in total. The van der Waals surface area contributed by atoms with E-state index in [1.54, 1.807) is 45.0 Å². The number of nitrogens with zero attached hydrogens (tertiary/aromatic N) is 1. The molecule has 0 aliphatic carbocycles. The highest BCUT2D eigenvalue weighted by atomic mass is 16.6. The highest BCUT2D eigenvalue weighted by Crippen LogP contribution is 2.26. The number of alkyl carbamates (subject to hydrolysis) is 1. The molecule has 3 unspecified atom stereocenters. The topological polar surface area (TPSA) is 108 Å². The van der Waals surface area contributed by atoms with Crippen LogP contribution in [0.4, 0.5) is 4.79 Å². The zero-order valence-corrected chi connectivity index (χ0v) is 20.8. The van der Waals surface area contributed by atoms with Gasteiger partial charge in [0.05, 0.1) is 6.61 Å². The van der Waals surface area contributed by atoms with E-state index in [0.29, 0.717) is 11.1 Å². The van der Waals surface area contributed by atoms with Crippen LogP contribution in [-0.4, -0.2) is 58.8 Å². The molecule has 0 bridgehead atoms. The van der Waals surface area contributed by atoms with Crippen LogP contribution >= 0.6 is 0 Å². The van der Waals surface area contributed by atoms with Crippen LogP contribution in [0.5, 0.6) is 0 Å². The van der Waals surface area contributed by atoms with Crippen LogP contribution < -0.4 is 10.6 Å². The van der Waals surface area contributed by atoms with Gasteiger partial charge in [-0.2, -0.15) is 0 Å². The second-order valence-electron chi connectivity index (χ2n) is 8.99. The molecule has 0 aliphatic heterocycles. The van der Waals surface area contributed by atoms with Gasteiger partial charge in [-0.3, -0.25) is 9.59 Å². The minimum atomic E-state index is -1.34. The number of rotatable bonds is 11. The van der Waals surface area contributed by atoms with Crippen LogP contribution in [0, 0.1) is 12.3 Å². The zero-order valence-electron chi connectivity index (χ0n) is 20.8. The van der Waals surface area contributed by atoms with Crippen LogP contribution in [-0.2, 0) is 14.3 Å². The Morgan fingerprint density at radius 2 is 1.91 bits per heavy atom. The third kappa shape index (κ3) is 8.56. The highest BCUT2D eigenvalue weighted by Gasteiger charge is 2.36. The number of ether oxygens (including phenoxy) is 1. The van der Waals surface area contributed by atoms with Crippen molar-refractivity contribution in [3.8, 4) is 12.3 Å². The van der Waals surface area contributed by atoms with Crippen molar-refractivity contribution >= 4 is 17.9 Å². The summed E-state index contributed by atoms with van der Waals surface area (Å²) in [7, 11) is 0. The van der Waals surface area contributed by atoms with E-state index in [9.17, 15) is 19.5 Å². The monoisotopic (exact) mass is 471 g/mol. The maximum absolute atomic E-state index is 13.5. The molecular formula is C26H37N3O5. The third-order valence-electron chi connectivity index (χ3n) is 4.86. The molecule has 0 saturated carbocycles. The zero-order chi connectivity index (χ0) is 25.9. The van der Waals surface area contributed by atoms with Gasteiger partial charge in [-0.15, -0.1) is 13.0 Å². The van der Waals surface area contributed by atoms with E-state index in [1.807, 2.05) is 13.8 Å². The van der Waals surface area contributed by atoms with E-state index in [1.165, 1.54) is 11.0 Å². The van der Waals surface area contributed by atoms with Crippen LogP contribution in [0.3, 0.4) is 0 Å². The summed E-state index contributed by atoms with van der Waals surface area (Å²) < 4.78 is 5.21. The van der Waals surface area contributed by atoms with Crippen molar-refractivity contribution in [3.05, 3.63) is 48.0 Å². The van der Waals surface area contributed by atoms with Gasteiger partial charge in [-0.05, 0) is 45.7 Å². The summed E-state index contributed by atoms with van der Waals surface area (Å²) in [5.41, 5.74) is 0.112. The van der Waals surface area contributed by atoms with Gasteiger partial charge >= 0.3 is 6.09 Å². The second-order valence-corrected chi connectivity index (χ2v) is 8.99. The average molecular weight is 472 g/mol. The number of terminal acetylenes is 1. The van der Waals surface area contributed by atoms with Crippen LogP contribution in [0.15, 0.2) is 36.9 Å². The highest BCUT2D eigenvalue weighted by molar-refractivity contribution is 5.92. The Labute approximate surface area is 202 Å². The molecule has 8 nitrogen and oxygen atoms in total. The number of carbonyl (C=O) groups is 3. The van der Waals surface area contributed by atoms with Crippen molar-refractivity contribution in [3.63, 3.8) is 0 Å². The number of aliphatic hydroxyl groups excluding tert-OH is 1. The van der Waals surface area contributed by atoms with Gasteiger partial charge < -0.3 is 25.4 Å². The van der Waals surface area contributed by atoms with Gasteiger partial charge in [0, 0.05) is 18.2 Å². The normalized spacial score (nSPS) is 13.6. The first-order chi connectivity index (χ1) is 16.0. The number of hydrogen-bond acceptors (Lipinski definition) is 5. The number of amides is 3. The quantitative estimate of drug-likeness (QED) is 0.340. The Balaban J connectivity index is 3.43. The molecular weight excluding hydrogens is 434 g/mol. The van der Waals surface area contributed by atoms with E-state index < -0.39 is 42.2 Å². The predicted octanol–water partition coefficient (Wildman–Crippen LogP) is 2.91. The van der Waals surface area contributed by atoms with Crippen molar-refractivity contribution in [2.45, 2.75) is 71.2 Å². The summed E-state index contributed by atoms with van der Waals surface area (Å²) in [4.78, 5) is 40.5. The molecule has 1 aromatic carbocycles. The SMILES string of the molecule is C#Cc1ccccc1C(C(=O)NC(C)CCC)N(CC=C)C(=O)C(CO)NC(=O)OC(C)(C)C. The Bertz CT molecular complexity index is 900. The lowest BCUT2D eigenvalue weighted by atomic mass is 9.97. The fourth-order valence-electron chi connectivity index (χ4n) is 3.44. The van der Waals surface area contributed by atoms with Crippen molar-refractivity contribution in [1.29, 1.82) is 0 Å². The van der Waals surface area contributed by atoms with Gasteiger partial charge in [-0.25, -0.2) is 4.79 Å². The van der Waals surface area contributed by atoms with E-state index in [4.69, 9.17) is 11.2 Å². The van der Waals surface area contributed by atoms with Crippen molar-refractivity contribution in [1.82, 2.24) is 15.5 Å². The van der Waals surface area contributed by atoms with Crippen molar-refractivity contribution < 1.29 is 24.2 Å². The Morgan fingerprint density at radius 1 is 1.26 bits per heavy atom. The molecule has 0 radical (unpaired) electrons. The summed E-state index contributed by atoms with van der Waals surface area (Å²) >= 11 is 0. The third-order valence-corrected chi connectivity index (χ3v) is 4.86. The summed E-state index contributed by atoms with van der Waals surface area (Å²) in [6.45, 7) is 11.9. The molecule has 3 atom stereocenters. The van der Waals surface area contributed by atoms with E-state index in [0.717, 1.165) is 12.8 Å². The van der Waals surface area contributed by atoms with Crippen molar-refractivity contribution in [2.75, 3.05) is 13.2 Å². The minimum absolute atomic E-state index is 0.0233. The largest absolute Gasteiger partial charge is 0.444 e. The molecule has 186 valence electrons. The standard InChI is InChI=1S/C26H37N3O5/c1-8-13-18(4)27-23(31)22(20-15-12-11-14-19(20)10-3)29(16-9-2)24(32)21(17-30)28-25(33)34-26(5,6)7/h3,9,11-12,14-15,18,21-22,30H,2,8,13,16-17H2,1,4-7H3,(H,27,31)(H,28,33). The maximum atomic E-state index is 13.5. The lowest BCUT2D eigenvalue weighted by molar-refractivity contribution is -0.142. The number of nitrogens with one attached hydrogen (secondary N) is 2. The molecule has 8 heteroatoms. The molecule has 0 spiro atoms. The number of carbonyl (C=O) groups excluding carboxylic acids is 3. The second kappa shape index (κ2) is 13.4. The number of hydrogen-bond donors (Lipinski definition) is 3. The molecule has 1 aromatic rings. The minimum Gasteiger partial charge on any atom is -0.444 e. The Hall–Kier alpha value is -3.31. The smallest absolute Gasteiger partial charge is 0.408 e. The molecule has 0 fully saturated rings. The van der Waals surface area contributed by atoms with Gasteiger partial charge in [0.25, 0.3) is 0 Å². The predicted molar refractivity (Wildman–Crippen MR) is 132 cm³/mol. The number of aliphatic hydroxyl groups is 1. The van der Waals surface area contributed by atoms with E-state index in [2.05, 4.69) is 23.1 Å². The summed E-state index contributed by atoms with van der Waals surface area (Å²) in [5, 5.41) is 15.2. The lowest BCUT2D eigenvalue weighted by Gasteiger charge is -2.34. The van der Waals surface area contributed by atoms with Gasteiger partial charge in [-0.1, -0.05) is 43.5 Å². The first kappa shape index (κ1) is 28.7. The number of benzene rings is 1. The van der Waals surface area contributed by atoms with Gasteiger partial charge in [0.1, 0.15) is 17.7 Å². The summed E-state index contributed by atoms with van der Waals surface area (Å²) in [6.07, 6.45) is 7.91. The van der Waals surface area contributed by atoms with Crippen LogP contribution in [0.2, 0.25) is 0 Å². The molecule has 3 amide bonds. The van der Waals surface area contributed by atoms with Crippen LogP contribution in [0.1, 0.15) is 64.6 Å². The molecule has 0 heterocycles. The molecule has 0 aromatic heterocycles. The van der Waals surface area contributed by atoms with Gasteiger partial charge in [0.2, 0.25) is 11.8 Å². The summed E-state index contributed by atoms with van der Waals surface area (Å²) in [6, 6.07) is 4.26. The lowest BCUT2D eigenvalue weighted by Crippen LogP contribution is -2.55.